The molecule has 0 saturated carbocycles. The number of unbranched alkanes of at least 4 members (excludes halogenated alkanes) is 1. The number of β-amino-alcohol motifs (C(OH)–C–C–N with tert-alkyl or cyclic N) is 2. The Kier molecular flexibility index (Phi) is 4.47. The van der Waals surface area contributed by atoms with Crippen LogP contribution in [0.3, 0.4) is 0 Å². The van der Waals surface area contributed by atoms with Crippen molar-refractivity contribution >= 4 is 10.0 Å². The number of rotatable bonds is 5. The van der Waals surface area contributed by atoms with E-state index in [1.54, 1.807) is 0 Å². The first-order valence-corrected chi connectivity index (χ1v) is 6.62. The molecular formula is C8H18N2O4S. The van der Waals surface area contributed by atoms with Crippen molar-refractivity contribution in [2.75, 3.05) is 25.4 Å². The molecular weight excluding hydrogens is 220 g/mol. The Bertz CT molecular complexity index is 283. The number of hydrogen-bond acceptors (Lipinski definition) is 5. The van der Waals surface area contributed by atoms with Gasteiger partial charge < -0.3 is 15.9 Å². The van der Waals surface area contributed by atoms with E-state index in [0.29, 0.717) is 19.4 Å². The number of hydrogen-bond donors (Lipinski definition) is 3. The van der Waals surface area contributed by atoms with Crippen LogP contribution in [0.5, 0.6) is 0 Å². The van der Waals surface area contributed by atoms with E-state index in [0.717, 1.165) is 4.31 Å². The summed E-state index contributed by atoms with van der Waals surface area (Å²) in [4.78, 5) is 0. The minimum Gasteiger partial charge on any atom is -0.389 e. The van der Waals surface area contributed by atoms with Crippen molar-refractivity contribution in [2.24, 2.45) is 5.73 Å². The van der Waals surface area contributed by atoms with Gasteiger partial charge in [-0.05, 0) is 19.4 Å². The molecule has 0 spiro atoms. The second-order valence-electron chi connectivity index (χ2n) is 3.76. The van der Waals surface area contributed by atoms with E-state index in [4.69, 9.17) is 5.73 Å². The zero-order chi connectivity index (χ0) is 11.5. The minimum absolute atomic E-state index is 0.00781. The largest absolute Gasteiger partial charge is 0.389 e. The van der Waals surface area contributed by atoms with Crippen LogP contribution in [0.1, 0.15) is 12.8 Å². The van der Waals surface area contributed by atoms with E-state index in [-0.39, 0.29) is 18.8 Å². The maximum atomic E-state index is 11.7. The van der Waals surface area contributed by atoms with Gasteiger partial charge in [0.15, 0.2) is 0 Å². The van der Waals surface area contributed by atoms with Crippen molar-refractivity contribution in [3.63, 3.8) is 0 Å². The van der Waals surface area contributed by atoms with Gasteiger partial charge in [0.05, 0.1) is 18.0 Å². The van der Waals surface area contributed by atoms with Crippen LogP contribution in [0.25, 0.3) is 0 Å². The third kappa shape index (κ3) is 3.39. The predicted molar refractivity (Wildman–Crippen MR) is 55.7 cm³/mol. The van der Waals surface area contributed by atoms with Gasteiger partial charge in [-0.2, -0.15) is 4.31 Å². The summed E-state index contributed by atoms with van der Waals surface area (Å²) < 4.78 is 24.5. The summed E-state index contributed by atoms with van der Waals surface area (Å²) in [5.41, 5.74) is 5.27. The maximum absolute atomic E-state index is 11.7. The van der Waals surface area contributed by atoms with Crippen molar-refractivity contribution in [2.45, 2.75) is 25.0 Å². The van der Waals surface area contributed by atoms with Crippen LogP contribution >= 0.6 is 0 Å². The lowest BCUT2D eigenvalue weighted by Crippen LogP contribution is -2.32. The van der Waals surface area contributed by atoms with Gasteiger partial charge in [0.1, 0.15) is 0 Å². The van der Waals surface area contributed by atoms with Crippen molar-refractivity contribution in [3.05, 3.63) is 0 Å². The molecule has 0 aromatic rings. The summed E-state index contributed by atoms with van der Waals surface area (Å²) in [7, 11) is -3.34. The fourth-order valence-corrected chi connectivity index (χ4v) is 3.11. The molecule has 0 aromatic heterocycles. The molecule has 0 aromatic carbocycles. The first-order valence-electron chi connectivity index (χ1n) is 5.01. The fourth-order valence-electron chi connectivity index (χ4n) is 1.52. The Balaban J connectivity index is 2.48. The third-order valence-corrected chi connectivity index (χ3v) is 4.36. The molecule has 1 rings (SSSR count). The fraction of sp³-hybridized carbons (Fsp3) is 1.00. The van der Waals surface area contributed by atoms with Crippen molar-refractivity contribution in [3.8, 4) is 0 Å². The van der Waals surface area contributed by atoms with Gasteiger partial charge in [-0.25, -0.2) is 8.42 Å². The predicted octanol–water partition coefficient (Wildman–Crippen LogP) is -1.91. The second-order valence-corrected chi connectivity index (χ2v) is 5.85. The normalized spacial score (nSPS) is 28.5. The van der Waals surface area contributed by atoms with E-state index in [2.05, 4.69) is 0 Å². The van der Waals surface area contributed by atoms with Crippen molar-refractivity contribution in [1.29, 1.82) is 0 Å². The van der Waals surface area contributed by atoms with Crippen molar-refractivity contribution < 1.29 is 18.6 Å². The van der Waals surface area contributed by atoms with Gasteiger partial charge in [0, 0.05) is 13.1 Å². The molecule has 1 fully saturated rings. The van der Waals surface area contributed by atoms with E-state index in [1.165, 1.54) is 0 Å². The summed E-state index contributed by atoms with van der Waals surface area (Å²) in [5.74, 6) is 0.0314. The lowest BCUT2D eigenvalue weighted by Gasteiger charge is -2.14. The number of nitrogens with two attached hydrogens (primary N) is 1. The van der Waals surface area contributed by atoms with Crippen LogP contribution in [0.2, 0.25) is 0 Å². The van der Waals surface area contributed by atoms with Gasteiger partial charge in [0.25, 0.3) is 0 Å². The second kappa shape index (κ2) is 5.22. The zero-order valence-corrected chi connectivity index (χ0v) is 9.36. The summed E-state index contributed by atoms with van der Waals surface area (Å²) >= 11 is 0. The molecule has 1 aliphatic rings. The molecule has 2 unspecified atom stereocenters. The number of sulfonamides is 1. The molecule has 0 radical (unpaired) electrons. The molecule has 0 bridgehead atoms. The highest BCUT2D eigenvalue weighted by Gasteiger charge is 2.36. The van der Waals surface area contributed by atoms with Gasteiger partial charge in [-0.3, -0.25) is 0 Å². The number of nitrogens with zero attached hydrogens (tertiary/aromatic N) is 1. The quantitative estimate of drug-likeness (QED) is 0.485. The lowest BCUT2D eigenvalue weighted by atomic mass is 10.3. The van der Waals surface area contributed by atoms with E-state index in [9.17, 15) is 18.6 Å². The van der Waals surface area contributed by atoms with Crippen LogP contribution in [-0.2, 0) is 10.0 Å². The smallest absolute Gasteiger partial charge is 0.214 e. The van der Waals surface area contributed by atoms with Gasteiger partial charge in [-0.15, -0.1) is 0 Å². The Labute approximate surface area is 89.7 Å². The topological polar surface area (TPSA) is 104 Å². The number of aliphatic hydroxyl groups is 2. The summed E-state index contributed by atoms with van der Waals surface area (Å²) in [6, 6.07) is 0. The molecule has 4 N–H and O–H groups in total. The molecule has 90 valence electrons. The van der Waals surface area contributed by atoms with Crippen LogP contribution in [0.15, 0.2) is 0 Å². The van der Waals surface area contributed by atoms with Gasteiger partial charge in [0.2, 0.25) is 10.0 Å². The zero-order valence-electron chi connectivity index (χ0n) is 8.54. The summed E-state index contributed by atoms with van der Waals surface area (Å²) in [6.07, 6.45) is -0.747. The Hall–Kier alpha value is -0.210. The molecule has 2 atom stereocenters. The first kappa shape index (κ1) is 12.9. The molecule has 6 nitrogen and oxygen atoms in total. The van der Waals surface area contributed by atoms with Crippen molar-refractivity contribution in [1.82, 2.24) is 4.31 Å². The van der Waals surface area contributed by atoms with Crippen LogP contribution in [0, 0.1) is 0 Å². The van der Waals surface area contributed by atoms with Gasteiger partial charge in [-0.1, -0.05) is 0 Å². The van der Waals surface area contributed by atoms with Gasteiger partial charge >= 0.3 is 0 Å². The summed E-state index contributed by atoms with van der Waals surface area (Å²) in [5, 5.41) is 18.5. The monoisotopic (exact) mass is 238 g/mol. The van der Waals surface area contributed by atoms with E-state index >= 15 is 0 Å². The Morgan fingerprint density at radius 3 is 2.20 bits per heavy atom. The lowest BCUT2D eigenvalue weighted by molar-refractivity contribution is 0.0572. The average molecular weight is 238 g/mol. The average Bonchev–Trinajstić information content (AvgIpc) is 2.48. The maximum Gasteiger partial charge on any atom is 0.214 e. The highest BCUT2D eigenvalue weighted by atomic mass is 32.2. The molecule has 1 saturated heterocycles. The highest BCUT2D eigenvalue weighted by molar-refractivity contribution is 7.89. The molecule has 15 heavy (non-hydrogen) atoms. The Morgan fingerprint density at radius 2 is 1.73 bits per heavy atom. The van der Waals surface area contributed by atoms with E-state index < -0.39 is 22.2 Å². The molecule has 0 amide bonds. The van der Waals surface area contributed by atoms with E-state index in [1.807, 2.05) is 0 Å². The molecule has 7 heteroatoms. The number of aliphatic hydroxyl groups excluding tert-OH is 2. The van der Waals surface area contributed by atoms with Crippen LogP contribution < -0.4 is 5.73 Å². The summed E-state index contributed by atoms with van der Waals surface area (Å²) in [6.45, 7) is 0.457. The Morgan fingerprint density at radius 1 is 1.20 bits per heavy atom. The van der Waals surface area contributed by atoms with Crippen LogP contribution in [0.4, 0.5) is 0 Å². The SMILES string of the molecule is NCCCCS(=O)(=O)N1CC(O)C(O)C1. The minimum atomic E-state index is -3.34. The molecule has 1 aliphatic heterocycles. The molecule has 0 aliphatic carbocycles. The van der Waals surface area contributed by atoms with Crippen LogP contribution in [-0.4, -0.2) is 60.5 Å². The first-order chi connectivity index (χ1) is 6.97. The third-order valence-electron chi connectivity index (χ3n) is 2.48. The molecule has 1 heterocycles. The highest BCUT2D eigenvalue weighted by Crippen LogP contribution is 2.15. The standard InChI is InChI=1S/C8H18N2O4S/c9-3-1-2-4-15(13,14)10-5-7(11)8(12)6-10/h7-8,11-12H,1-6,9H2.